The summed E-state index contributed by atoms with van der Waals surface area (Å²) >= 11 is 1.47. The van der Waals surface area contributed by atoms with Crippen molar-refractivity contribution in [3.8, 4) is 0 Å². The van der Waals surface area contributed by atoms with Gasteiger partial charge in [-0.1, -0.05) is 24.6 Å². The third-order valence-corrected chi connectivity index (χ3v) is 7.49. The smallest absolute Gasteiger partial charge is 0.326 e. The van der Waals surface area contributed by atoms with Crippen LogP contribution in [0.5, 0.6) is 0 Å². The molecular formula is C28H45N7O5S. The summed E-state index contributed by atoms with van der Waals surface area (Å²) in [6.45, 7) is 0.928. The van der Waals surface area contributed by atoms with Gasteiger partial charge in [0, 0.05) is 23.5 Å². The summed E-state index contributed by atoms with van der Waals surface area (Å²) in [5.41, 5.74) is 18.9. The van der Waals surface area contributed by atoms with Crippen LogP contribution in [0.3, 0.4) is 0 Å². The van der Waals surface area contributed by atoms with E-state index in [1.165, 1.54) is 11.8 Å². The van der Waals surface area contributed by atoms with E-state index in [-0.39, 0.29) is 12.8 Å². The average molecular weight is 592 g/mol. The van der Waals surface area contributed by atoms with Crippen molar-refractivity contribution >= 4 is 46.4 Å². The number of amides is 3. The Morgan fingerprint density at radius 3 is 2.12 bits per heavy atom. The topological polar surface area (TPSA) is 218 Å². The molecule has 0 saturated heterocycles. The third kappa shape index (κ3) is 11.3. The van der Waals surface area contributed by atoms with Crippen molar-refractivity contribution in [3.63, 3.8) is 0 Å². The number of carbonyl (C=O) groups is 4. The van der Waals surface area contributed by atoms with Crippen LogP contribution in [0.25, 0.3) is 10.9 Å². The van der Waals surface area contributed by atoms with Crippen molar-refractivity contribution in [2.24, 2.45) is 17.2 Å². The van der Waals surface area contributed by atoms with Crippen molar-refractivity contribution in [3.05, 3.63) is 36.0 Å². The van der Waals surface area contributed by atoms with Gasteiger partial charge in [-0.3, -0.25) is 14.4 Å². The maximum Gasteiger partial charge on any atom is 0.326 e. The quantitative estimate of drug-likeness (QED) is 0.101. The number of H-pyrrole nitrogens is 1. The minimum absolute atomic E-state index is 0.110. The molecule has 0 fully saturated rings. The van der Waals surface area contributed by atoms with Crippen LogP contribution in [0.4, 0.5) is 0 Å². The Morgan fingerprint density at radius 2 is 1.46 bits per heavy atom. The number of benzene rings is 1. The molecule has 4 atom stereocenters. The van der Waals surface area contributed by atoms with Crippen LogP contribution in [0.15, 0.2) is 30.5 Å². The first kappa shape index (κ1) is 34.1. The van der Waals surface area contributed by atoms with Gasteiger partial charge >= 0.3 is 5.97 Å². The molecule has 0 spiro atoms. The van der Waals surface area contributed by atoms with E-state index in [4.69, 9.17) is 17.2 Å². The van der Waals surface area contributed by atoms with E-state index >= 15 is 0 Å². The van der Waals surface area contributed by atoms with Gasteiger partial charge in [-0.05, 0) is 75.3 Å². The molecule has 1 aromatic carbocycles. The van der Waals surface area contributed by atoms with Crippen molar-refractivity contribution in [1.82, 2.24) is 20.9 Å². The number of aromatic nitrogens is 1. The Kier molecular flexibility index (Phi) is 15.2. The maximum atomic E-state index is 13.5. The number of nitrogens with two attached hydrogens (primary N) is 3. The van der Waals surface area contributed by atoms with Crippen molar-refractivity contribution < 1.29 is 24.3 Å². The molecule has 4 unspecified atom stereocenters. The lowest BCUT2D eigenvalue weighted by molar-refractivity contribution is -0.142. The minimum Gasteiger partial charge on any atom is -0.480 e. The second kappa shape index (κ2) is 18.3. The summed E-state index contributed by atoms with van der Waals surface area (Å²) < 4.78 is 0. The highest BCUT2D eigenvalue weighted by Crippen LogP contribution is 2.19. The Bertz CT molecular complexity index is 1130. The lowest BCUT2D eigenvalue weighted by atomic mass is 10.0. The average Bonchev–Trinajstić information content (AvgIpc) is 3.36. The van der Waals surface area contributed by atoms with Crippen LogP contribution in [-0.4, -0.2) is 83.0 Å². The number of hydrogen-bond acceptors (Lipinski definition) is 8. The summed E-state index contributed by atoms with van der Waals surface area (Å²) in [6.07, 6.45) is 7.33. The molecule has 2 rings (SSSR count). The molecule has 13 heteroatoms. The first-order chi connectivity index (χ1) is 19.7. The molecule has 0 saturated carbocycles. The van der Waals surface area contributed by atoms with Crippen molar-refractivity contribution in [1.29, 1.82) is 0 Å². The molecule has 1 aromatic heterocycles. The minimum atomic E-state index is -1.15. The number of carboxylic acids is 1. The first-order valence-corrected chi connectivity index (χ1v) is 15.4. The highest BCUT2D eigenvalue weighted by molar-refractivity contribution is 7.98. The van der Waals surface area contributed by atoms with Gasteiger partial charge in [0.05, 0.1) is 6.04 Å². The number of unbranched alkanes of at least 4 members (excludes halogenated alkanes) is 2. The zero-order valence-corrected chi connectivity index (χ0v) is 24.5. The van der Waals surface area contributed by atoms with Crippen LogP contribution in [0.2, 0.25) is 0 Å². The Balaban J connectivity index is 2.27. The molecule has 0 aliphatic rings. The van der Waals surface area contributed by atoms with E-state index in [1.54, 1.807) is 6.20 Å². The van der Waals surface area contributed by atoms with E-state index in [0.717, 1.165) is 22.9 Å². The number of fused-ring (bicyclic) bond motifs is 1. The zero-order chi connectivity index (χ0) is 30.2. The molecule has 228 valence electrons. The maximum absolute atomic E-state index is 13.5. The molecule has 1 heterocycles. The Morgan fingerprint density at radius 1 is 0.854 bits per heavy atom. The third-order valence-electron chi connectivity index (χ3n) is 6.84. The molecule has 11 N–H and O–H groups in total. The van der Waals surface area contributed by atoms with E-state index < -0.39 is 47.9 Å². The van der Waals surface area contributed by atoms with Crippen LogP contribution in [-0.2, 0) is 25.6 Å². The fraction of sp³-hybridized carbons (Fsp3) is 0.571. The lowest BCUT2D eigenvalue weighted by Crippen LogP contribution is -2.57. The lowest BCUT2D eigenvalue weighted by Gasteiger charge is -2.25. The van der Waals surface area contributed by atoms with E-state index in [2.05, 4.69) is 20.9 Å². The molecule has 0 radical (unpaired) electrons. The SMILES string of the molecule is CSCCC(NC(=O)C(Cc1c[nH]c2ccccc12)NC(=O)C(CCCCN)NC(=O)C(N)CCCCN)C(=O)O. The summed E-state index contributed by atoms with van der Waals surface area (Å²) in [4.78, 5) is 54.8. The zero-order valence-electron chi connectivity index (χ0n) is 23.7. The van der Waals surface area contributed by atoms with Crippen molar-refractivity contribution in [2.75, 3.05) is 25.1 Å². The number of thioether (sulfide) groups is 1. The standard InChI is InChI=1S/C28H45N7O5S/c1-41-15-12-23(28(39)40)34-27(38)24(16-18-17-32-21-10-3-2-8-19(18)21)35-26(37)22(11-5-7-14-30)33-25(36)20(31)9-4-6-13-29/h2-3,8,10,17,20,22-24,32H,4-7,9,11-16,29-31H2,1H3,(H,33,36)(H,34,38)(H,35,37)(H,39,40). The normalized spacial score (nSPS) is 14.1. The van der Waals surface area contributed by atoms with Gasteiger partial charge in [0.2, 0.25) is 17.7 Å². The summed E-state index contributed by atoms with van der Waals surface area (Å²) in [5, 5.41) is 18.6. The monoisotopic (exact) mass is 591 g/mol. The molecule has 3 amide bonds. The van der Waals surface area contributed by atoms with Gasteiger partial charge in [-0.25, -0.2) is 4.79 Å². The molecular weight excluding hydrogens is 546 g/mol. The fourth-order valence-corrected chi connectivity index (χ4v) is 4.92. The highest BCUT2D eigenvalue weighted by Gasteiger charge is 2.30. The highest BCUT2D eigenvalue weighted by atomic mass is 32.2. The number of aromatic amines is 1. The Labute approximate surface area is 245 Å². The number of rotatable bonds is 20. The number of para-hydroxylation sites is 1. The second-order valence-corrected chi connectivity index (χ2v) is 11.0. The van der Waals surface area contributed by atoms with E-state index in [9.17, 15) is 24.3 Å². The summed E-state index contributed by atoms with van der Waals surface area (Å²) in [6, 6.07) is 3.61. The number of hydrogen-bond donors (Lipinski definition) is 8. The van der Waals surface area contributed by atoms with Gasteiger partial charge in [0.1, 0.15) is 18.1 Å². The first-order valence-electron chi connectivity index (χ1n) is 14.0. The Hall–Kier alpha value is -3.13. The molecule has 0 bridgehead atoms. The van der Waals surface area contributed by atoms with Gasteiger partial charge in [-0.15, -0.1) is 0 Å². The molecule has 2 aromatic rings. The number of nitrogens with one attached hydrogen (secondary N) is 4. The van der Waals surface area contributed by atoms with Crippen LogP contribution < -0.4 is 33.2 Å². The largest absolute Gasteiger partial charge is 0.480 e. The van der Waals surface area contributed by atoms with Crippen LogP contribution >= 0.6 is 11.8 Å². The van der Waals surface area contributed by atoms with E-state index in [0.29, 0.717) is 50.9 Å². The van der Waals surface area contributed by atoms with Crippen molar-refractivity contribution in [2.45, 2.75) is 75.5 Å². The molecule has 12 nitrogen and oxygen atoms in total. The molecule has 0 aliphatic heterocycles. The van der Waals surface area contributed by atoms with Gasteiger partial charge in [-0.2, -0.15) is 11.8 Å². The second-order valence-electron chi connectivity index (χ2n) is 10.0. The van der Waals surface area contributed by atoms with Gasteiger partial charge in [0.15, 0.2) is 0 Å². The number of carbonyl (C=O) groups excluding carboxylic acids is 3. The number of carboxylic acid groups (broad SMARTS) is 1. The van der Waals surface area contributed by atoms with Crippen LogP contribution in [0.1, 0.15) is 50.5 Å². The molecule has 41 heavy (non-hydrogen) atoms. The predicted molar refractivity (Wildman–Crippen MR) is 162 cm³/mol. The number of aliphatic carboxylic acids is 1. The van der Waals surface area contributed by atoms with Gasteiger partial charge < -0.3 is 43.2 Å². The summed E-state index contributed by atoms with van der Waals surface area (Å²) in [5.74, 6) is -2.25. The summed E-state index contributed by atoms with van der Waals surface area (Å²) in [7, 11) is 0. The molecule has 0 aliphatic carbocycles. The predicted octanol–water partition coefficient (Wildman–Crippen LogP) is 0.588. The van der Waals surface area contributed by atoms with Crippen LogP contribution in [0, 0.1) is 0 Å². The fourth-order valence-electron chi connectivity index (χ4n) is 4.45. The van der Waals surface area contributed by atoms with Gasteiger partial charge in [0.25, 0.3) is 0 Å². The van der Waals surface area contributed by atoms with E-state index in [1.807, 2.05) is 30.5 Å².